The molecule has 0 aliphatic carbocycles. The summed E-state index contributed by atoms with van der Waals surface area (Å²) in [5.74, 6) is 0. The number of hydrogen-bond acceptors (Lipinski definition) is 5. The lowest BCUT2D eigenvalue weighted by Crippen LogP contribution is -2.46. The first-order valence-corrected chi connectivity index (χ1v) is 6.91. The van der Waals surface area contributed by atoms with E-state index in [1.807, 2.05) is 0 Å². The molecule has 0 amide bonds. The normalized spacial score (nSPS) is 22.6. The highest BCUT2D eigenvalue weighted by atomic mass is 35.5. The van der Waals surface area contributed by atoms with Gasteiger partial charge in [-0.05, 0) is 18.5 Å². The molecule has 1 aromatic rings. The first kappa shape index (κ1) is 12.7. The van der Waals surface area contributed by atoms with Crippen molar-refractivity contribution in [2.24, 2.45) is 0 Å². The summed E-state index contributed by atoms with van der Waals surface area (Å²) in [6, 6.07) is -0.190. The van der Waals surface area contributed by atoms with Crippen molar-refractivity contribution in [2.75, 3.05) is 19.8 Å². The van der Waals surface area contributed by atoms with Crippen LogP contribution < -0.4 is 0 Å². The lowest BCUT2D eigenvalue weighted by atomic mass is 10.3. The predicted octanol–water partition coefficient (Wildman–Crippen LogP) is 0.539. The SMILES string of the molecule is C[C@@H]1COCCN1S(=O)(=O)c1cnc(Cl)nc1. The van der Waals surface area contributed by atoms with Crippen molar-refractivity contribution >= 4 is 21.6 Å². The molecular formula is C9H12ClN3O3S. The third kappa shape index (κ3) is 2.57. The van der Waals surface area contributed by atoms with Gasteiger partial charge in [-0.15, -0.1) is 0 Å². The average molecular weight is 278 g/mol. The van der Waals surface area contributed by atoms with Gasteiger partial charge in [0.25, 0.3) is 0 Å². The molecule has 0 unspecified atom stereocenters. The predicted molar refractivity (Wildman–Crippen MR) is 61.2 cm³/mol. The molecule has 1 aliphatic rings. The Hall–Kier alpha value is -0.760. The average Bonchev–Trinajstić information content (AvgIpc) is 2.30. The van der Waals surface area contributed by atoms with Crippen LogP contribution in [-0.2, 0) is 14.8 Å². The fourth-order valence-electron chi connectivity index (χ4n) is 1.64. The zero-order valence-corrected chi connectivity index (χ0v) is 10.8. The molecule has 6 nitrogen and oxygen atoms in total. The molecule has 0 saturated carbocycles. The highest BCUT2D eigenvalue weighted by Crippen LogP contribution is 2.19. The molecule has 0 spiro atoms. The van der Waals surface area contributed by atoms with E-state index in [9.17, 15) is 8.42 Å². The number of morpholine rings is 1. The molecule has 0 radical (unpaired) electrons. The van der Waals surface area contributed by atoms with Crippen molar-refractivity contribution in [1.82, 2.24) is 14.3 Å². The van der Waals surface area contributed by atoms with Gasteiger partial charge in [0.2, 0.25) is 15.3 Å². The Bertz CT molecular complexity index is 491. The number of hydrogen-bond donors (Lipinski definition) is 0. The van der Waals surface area contributed by atoms with Crippen LogP contribution in [0.5, 0.6) is 0 Å². The molecule has 1 aliphatic heterocycles. The van der Waals surface area contributed by atoms with E-state index in [0.29, 0.717) is 19.8 Å². The van der Waals surface area contributed by atoms with Crippen LogP contribution in [0.1, 0.15) is 6.92 Å². The minimum Gasteiger partial charge on any atom is -0.378 e. The maximum atomic E-state index is 12.3. The van der Waals surface area contributed by atoms with Crippen molar-refractivity contribution in [3.8, 4) is 0 Å². The van der Waals surface area contributed by atoms with E-state index in [0.717, 1.165) is 0 Å². The largest absolute Gasteiger partial charge is 0.378 e. The van der Waals surface area contributed by atoms with Gasteiger partial charge in [-0.25, -0.2) is 18.4 Å². The maximum Gasteiger partial charge on any atom is 0.246 e. The van der Waals surface area contributed by atoms with E-state index in [4.69, 9.17) is 16.3 Å². The second-order valence-corrected chi connectivity index (χ2v) is 5.96. The number of nitrogens with zero attached hydrogens (tertiary/aromatic N) is 3. The van der Waals surface area contributed by atoms with Gasteiger partial charge in [-0.2, -0.15) is 4.31 Å². The highest BCUT2D eigenvalue weighted by molar-refractivity contribution is 7.89. The van der Waals surface area contributed by atoms with Gasteiger partial charge < -0.3 is 4.74 Å². The second-order valence-electron chi connectivity index (χ2n) is 3.73. The van der Waals surface area contributed by atoms with Crippen molar-refractivity contribution < 1.29 is 13.2 Å². The van der Waals surface area contributed by atoms with Crippen LogP contribution in [0.25, 0.3) is 0 Å². The monoisotopic (exact) mass is 277 g/mol. The van der Waals surface area contributed by atoms with Gasteiger partial charge >= 0.3 is 0 Å². The fourth-order valence-corrected chi connectivity index (χ4v) is 3.23. The van der Waals surface area contributed by atoms with Crippen LogP contribution >= 0.6 is 11.6 Å². The first-order valence-electron chi connectivity index (χ1n) is 5.09. The summed E-state index contributed by atoms with van der Waals surface area (Å²) in [7, 11) is -3.56. The molecule has 0 aromatic carbocycles. The summed E-state index contributed by atoms with van der Waals surface area (Å²) in [5, 5.41) is 0.0268. The van der Waals surface area contributed by atoms with Gasteiger partial charge in [0.05, 0.1) is 25.6 Å². The van der Waals surface area contributed by atoms with Crippen LogP contribution in [0.3, 0.4) is 0 Å². The molecule has 1 fully saturated rings. The van der Waals surface area contributed by atoms with Gasteiger partial charge in [0.15, 0.2) is 0 Å². The highest BCUT2D eigenvalue weighted by Gasteiger charge is 2.31. The number of ether oxygens (including phenoxy) is 1. The number of halogens is 1. The van der Waals surface area contributed by atoms with E-state index in [1.165, 1.54) is 16.7 Å². The fraction of sp³-hybridized carbons (Fsp3) is 0.556. The van der Waals surface area contributed by atoms with Gasteiger partial charge in [-0.3, -0.25) is 0 Å². The molecule has 17 heavy (non-hydrogen) atoms. The zero-order chi connectivity index (χ0) is 12.5. The van der Waals surface area contributed by atoms with E-state index < -0.39 is 10.0 Å². The molecule has 1 saturated heterocycles. The standard InChI is InChI=1S/C9H12ClN3O3S/c1-7-6-16-3-2-13(7)17(14,15)8-4-11-9(10)12-5-8/h4-5,7H,2-3,6H2,1H3/t7-/m1/s1. The summed E-state index contributed by atoms with van der Waals surface area (Å²) in [4.78, 5) is 7.42. The molecule has 1 atom stereocenters. The summed E-state index contributed by atoms with van der Waals surface area (Å²) in [5.41, 5.74) is 0. The molecule has 2 rings (SSSR count). The number of rotatable bonds is 2. The quantitative estimate of drug-likeness (QED) is 0.738. The number of sulfonamides is 1. The Morgan fingerprint density at radius 3 is 2.71 bits per heavy atom. The molecule has 0 bridgehead atoms. The first-order chi connectivity index (χ1) is 8.01. The van der Waals surface area contributed by atoms with Crippen LogP contribution in [0, 0.1) is 0 Å². The summed E-state index contributed by atoms with van der Waals surface area (Å²) >= 11 is 5.53. The van der Waals surface area contributed by atoms with E-state index >= 15 is 0 Å². The number of aromatic nitrogens is 2. The molecule has 0 N–H and O–H groups in total. The van der Waals surface area contributed by atoms with Crippen LogP contribution in [-0.4, -0.2) is 48.5 Å². The van der Waals surface area contributed by atoms with E-state index in [2.05, 4.69) is 9.97 Å². The third-order valence-corrected chi connectivity index (χ3v) is 4.67. The van der Waals surface area contributed by atoms with Gasteiger partial charge in [0.1, 0.15) is 4.90 Å². The third-order valence-electron chi connectivity index (χ3n) is 2.51. The minimum absolute atomic E-state index is 0.0268. The molecule has 1 aromatic heterocycles. The minimum atomic E-state index is -3.56. The second kappa shape index (κ2) is 4.85. The topological polar surface area (TPSA) is 72.4 Å². The van der Waals surface area contributed by atoms with Crippen LogP contribution in [0.4, 0.5) is 0 Å². The Morgan fingerprint density at radius 2 is 2.12 bits per heavy atom. The van der Waals surface area contributed by atoms with Crippen molar-refractivity contribution in [3.63, 3.8) is 0 Å². The Morgan fingerprint density at radius 1 is 1.47 bits per heavy atom. The van der Waals surface area contributed by atoms with E-state index in [-0.39, 0.29) is 16.2 Å². The Labute approximate surface area is 105 Å². The van der Waals surface area contributed by atoms with Gasteiger partial charge in [0, 0.05) is 12.6 Å². The Kier molecular flexibility index (Phi) is 3.62. The maximum absolute atomic E-state index is 12.3. The Balaban J connectivity index is 2.32. The van der Waals surface area contributed by atoms with Crippen molar-refractivity contribution in [2.45, 2.75) is 17.9 Å². The van der Waals surface area contributed by atoms with Gasteiger partial charge in [-0.1, -0.05) is 0 Å². The van der Waals surface area contributed by atoms with Crippen LogP contribution in [0.15, 0.2) is 17.3 Å². The van der Waals surface area contributed by atoms with E-state index in [1.54, 1.807) is 6.92 Å². The van der Waals surface area contributed by atoms with Crippen molar-refractivity contribution in [3.05, 3.63) is 17.7 Å². The smallest absolute Gasteiger partial charge is 0.246 e. The van der Waals surface area contributed by atoms with Crippen LogP contribution in [0.2, 0.25) is 5.28 Å². The molecule has 2 heterocycles. The molecule has 8 heteroatoms. The lowest BCUT2D eigenvalue weighted by Gasteiger charge is -2.31. The molecule has 94 valence electrons. The lowest BCUT2D eigenvalue weighted by molar-refractivity contribution is 0.0392. The summed E-state index contributed by atoms with van der Waals surface area (Å²) < 4.78 is 31.1. The summed E-state index contributed by atoms with van der Waals surface area (Å²) in [6.07, 6.45) is 2.43. The van der Waals surface area contributed by atoms with Crippen molar-refractivity contribution in [1.29, 1.82) is 0 Å². The summed E-state index contributed by atoms with van der Waals surface area (Å²) in [6.45, 7) is 2.94. The zero-order valence-electron chi connectivity index (χ0n) is 9.21. The molecular weight excluding hydrogens is 266 g/mol.